The summed E-state index contributed by atoms with van der Waals surface area (Å²) in [6, 6.07) is 18.9. The molecule has 6 nitrogen and oxygen atoms in total. The first-order valence-electron chi connectivity index (χ1n) is 12.0. The van der Waals surface area contributed by atoms with Crippen molar-refractivity contribution in [2.45, 2.75) is 83.8 Å². The summed E-state index contributed by atoms with van der Waals surface area (Å²) in [7, 11) is 0. The topological polar surface area (TPSA) is 67.9 Å². The first-order valence-corrected chi connectivity index (χ1v) is 12.0. The van der Waals surface area contributed by atoms with E-state index in [1.807, 2.05) is 71.0 Å². The third-order valence-corrected chi connectivity index (χ3v) is 6.04. The van der Waals surface area contributed by atoms with Gasteiger partial charge in [0, 0.05) is 0 Å². The van der Waals surface area contributed by atoms with Crippen molar-refractivity contribution in [3.63, 3.8) is 0 Å². The molecule has 2 aromatic rings. The molecule has 0 radical (unpaired) electrons. The summed E-state index contributed by atoms with van der Waals surface area (Å²) in [6.45, 7) is 11.6. The highest BCUT2D eigenvalue weighted by Crippen LogP contribution is 2.39. The second-order valence-electron chi connectivity index (χ2n) is 10.4. The third kappa shape index (κ3) is 6.67. The molecule has 3 rings (SSSR count). The van der Waals surface area contributed by atoms with Gasteiger partial charge in [-0.05, 0) is 65.5 Å². The van der Waals surface area contributed by atoms with Gasteiger partial charge in [-0.1, -0.05) is 60.7 Å². The van der Waals surface area contributed by atoms with Crippen molar-refractivity contribution >= 4 is 11.9 Å². The van der Waals surface area contributed by atoms with E-state index in [4.69, 9.17) is 9.47 Å². The molecule has 1 fully saturated rings. The van der Waals surface area contributed by atoms with Crippen molar-refractivity contribution < 1.29 is 19.1 Å². The molecule has 1 aliphatic rings. The highest BCUT2D eigenvalue weighted by atomic mass is 16.6. The molecule has 1 N–H and O–H groups in total. The highest BCUT2D eigenvalue weighted by Gasteiger charge is 2.47. The smallest absolute Gasteiger partial charge is 0.328 e. The zero-order valence-electron chi connectivity index (χ0n) is 21.2. The van der Waals surface area contributed by atoms with E-state index in [1.54, 1.807) is 6.92 Å². The molecule has 0 saturated carbocycles. The largest absolute Gasteiger partial charge is 0.458 e. The molecule has 3 atom stereocenters. The molecule has 0 bridgehead atoms. The van der Waals surface area contributed by atoms with E-state index in [1.165, 1.54) is 0 Å². The van der Waals surface area contributed by atoms with Crippen molar-refractivity contribution in [2.75, 3.05) is 6.61 Å². The number of benzene rings is 2. The van der Waals surface area contributed by atoms with Crippen LogP contribution in [-0.2, 0) is 25.5 Å². The van der Waals surface area contributed by atoms with E-state index in [-0.39, 0.29) is 11.9 Å². The number of carbonyl (C=O) groups excluding carboxylic acids is 2. The second kappa shape index (κ2) is 10.7. The van der Waals surface area contributed by atoms with Gasteiger partial charge in [0.2, 0.25) is 5.91 Å². The molecule has 1 heterocycles. The van der Waals surface area contributed by atoms with Crippen molar-refractivity contribution in [1.82, 2.24) is 10.2 Å². The Morgan fingerprint density at radius 3 is 2.26 bits per heavy atom. The fourth-order valence-electron chi connectivity index (χ4n) is 4.44. The van der Waals surface area contributed by atoms with Crippen molar-refractivity contribution in [3.05, 3.63) is 71.8 Å². The second-order valence-corrected chi connectivity index (χ2v) is 10.4. The number of hydrogen-bond acceptors (Lipinski definition) is 5. The molecule has 1 amide bonds. The number of ether oxygens (including phenoxy) is 2. The molecule has 2 aromatic carbocycles. The van der Waals surface area contributed by atoms with Crippen LogP contribution >= 0.6 is 0 Å². The number of carbonyl (C=O) groups is 2. The summed E-state index contributed by atoms with van der Waals surface area (Å²) < 4.78 is 11.7. The lowest BCUT2D eigenvalue weighted by Crippen LogP contribution is -2.56. The number of amides is 1. The molecule has 0 unspecified atom stereocenters. The van der Waals surface area contributed by atoms with Crippen molar-refractivity contribution in [1.29, 1.82) is 0 Å². The van der Waals surface area contributed by atoms with Crippen LogP contribution in [0.4, 0.5) is 0 Å². The van der Waals surface area contributed by atoms with Crippen LogP contribution in [0.3, 0.4) is 0 Å². The van der Waals surface area contributed by atoms with Crippen LogP contribution < -0.4 is 5.32 Å². The number of hydrogen-bond donors (Lipinski definition) is 1. The van der Waals surface area contributed by atoms with Gasteiger partial charge in [0.25, 0.3) is 0 Å². The Kier molecular flexibility index (Phi) is 8.16. The van der Waals surface area contributed by atoms with E-state index in [0.29, 0.717) is 13.0 Å². The Morgan fingerprint density at radius 2 is 1.68 bits per heavy atom. The average Bonchev–Trinajstić information content (AvgIpc) is 3.09. The minimum Gasteiger partial charge on any atom is -0.458 e. The number of nitrogens with zero attached hydrogens (tertiary/aromatic N) is 1. The summed E-state index contributed by atoms with van der Waals surface area (Å²) in [6.07, 6.45) is 1.32. The Labute approximate surface area is 203 Å². The first kappa shape index (κ1) is 25.9. The minimum atomic E-state index is -0.757. The van der Waals surface area contributed by atoms with Gasteiger partial charge in [0.05, 0.1) is 18.7 Å². The van der Waals surface area contributed by atoms with Crippen LogP contribution in [-0.4, -0.2) is 46.8 Å². The standard InChI is InChI=1S/C28H38N2O4/c1-20(26(32)34-27(2,3)4)29-25(31)23(18-17-21-13-9-7-10-14-21)30-24(19-33-28(30,5)6)22-15-11-8-12-16-22/h7-16,20,23-24H,17-19H2,1-6H3,(H,29,31)/t20-,23-,24-/m0/s1. The predicted octanol–water partition coefficient (Wildman–Crippen LogP) is 4.64. The SMILES string of the molecule is C[C@H](NC(=O)[C@H](CCc1ccccc1)N1[C@H](c2ccccc2)COC1(C)C)C(=O)OC(C)(C)C. The van der Waals surface area contributed by atoms with Gasteiger partial charge in [0.1, 0.15) is 17.4 Å². The van der Waals surface area contributed by atoms with Gasteiger partial charge in [-0.15, -0.1) is 0 Å². The Morgan fingerprint density at radius 1 is 1.09 bits per heavy atom. The quantitative estimate of drug-likeness (QED) is 0.574. The lowest BCUT2D eigenvalue weighted by molar-refractivity contribution is -0.159. The van der Waals surface area contributed by atoms with Gasteiger partial charge >= 0.3 is 5.97 Å². The van der Waals surface area contributed by atoms with Crippen LogP contribution in [0.5, 0.6) is 0 Å². The zero-order valence-corrected chi connectivity index (χ0v) is 21.2. The van der Waals surface area contributed by atoms with E-state index < -0.39 is 29.4 Å². The summed E-state index contributed by atoms with van der Waals surface area (Å²) in [4.78, 5) is 28.4. The lowest BCUT2D eigenvalue weighted by atomic mass is 9.97. The molecule has 0 spiro atoms. The monoisotopic (exact) mass is 466 g/mol. The molecular weight excluding hydrogens is 428 g/mol. The average molecular weight is 467 g/mol. The number of esters is 1. The normalized spacial score (nSPS) is 19.9. The fraction of sp³-hybridized carbons (Fsp3) is 0.500. The van der Waals surface area contributed by atoms with E-state index in [2.05, 4.69) is 34.5 Å². The van der Waals surface area contributed by atoms with Gasteiger partial charge < -0.3 is 14.8 Å². The van der Waals surface area contributed by atoms with Crippen LogP contribution in [0.2, 0.25) is 0 Å². The van der Waals surface area contributed by atoms with Crippen LogP contribution in [0.15, 0.2) is 60.7 Å². The minimum absolute atomic E-state index is 0.0699. The molecule has 34 heavy (non-hydrogen) atoms. The summed E-state index contributed by atoms with van der Waals surface area (Å²) in [5.74, 6) is -0.645. The number of rotatable bonds is 8. The lowest BCUT2D eigenvalue weighted by Gasteiger charge is -2.40. The fourth-order valence-corrected chi connectivity index (χ4v) is 4.44. The maximum atomic E-state index is 13.7. The maximum absolute atomic E-state index is 13.7. The number of nitrogens with one attached hydrogen (secondary N) is 1. The molecule has 0 aromatic heterocycles. The molecule has 0 aliphatic carbocycles. The Bertz CT molecular complexity index is 953. The van der Waals surface area contributed by atoms with Gasteiger partial charge in [-0.3, -0.25) is 9.69 Å². The maximum Gasteiger partial charge on any atom is 0.328 e. The van der Waals surface area contributed by atoms with Crippen LogP contribution in [0, 0.1) is 0 Å². The molecule has 1 aliphatic heterocycles. The molecule has 6 heteroatoms. The third-order valence-electron chi connectivity index (χ3n) is 6.04. The Hall–Kier alpha value is -2.70. The summed E-state index contributed by atoms with van der Waals surface area (Å²) >= 11 is 0. The van der Waals surface area contributed by atoms with E-state index >= 15 is 0 Å². The van der Waals surface area contributed by atoms with Gasteiger partial charge in [-0.2, -0.15) is 0 Å². The molecule has 184 valence electrons. The van der Waals surface area contributed by atoms with Crippen LogP contribution in [0.25, 0.3) is 0 Å². The predicted molar refractivity (Wildman–Crippen MR) is 133 cm³/mol. The summed E-state index contributed by atoms with van der Waals surface area (Å²) in [5.41, 5.74) is 1.00. The van der Waals surface area contributed by atoms with Crippen LogP contribution in [0.1, 0.15) is 65.1 Å². The van der Waals surface area contributed by atoms with Gasteiger partial charge in [-0.25, -0.2) is 4.79 Å². The van der Waals surface area contributed by atoms with E-state index in [0.717, 1.165) is 17.5 Å². The summed E-state index contributed by atoms with van der Waals surface area (Å²) in [5, 5.41) is 2.91. The first-order chi connectivity index (χ1) is 16.0. The zero-order chi connectivity index (χ0) is 24.9. The number of aryl methyl sites for hydroxylation is 1. The molecule has 1 saturated heterocycles. The highest BCUT2D eigenvalue weighted by molar-refractivity contribution is 5.87. The van der Waals surface area contributed by atoms with Crippen molar-refractivity contribution in [3.8, 4) is 0 Å². The van der Waals surface area contributed by atoms with Gasteiger partial charge in [0.15, 0.2) is 0 Å². The Balaban J connectivity index is 1.87. The molecular formula is C28H38N2O4. The van der Waals surface area contributed by atoms with Crippen molar-refractivity contribution in [2.24, 2.45) is 0 Å². The van der Waals surface area contributed by atoms with E-state index in [9.17, 15) is 9.59 Å².